The highest BCUT2D eigenvalue weighted by Crippen LogP contribution is 2.34. The van der Waals surface area contributed by atoms with E-state index in [1.165, 1.54) is 0 Å². The molecule has 3 rings (SSSR count). The lowest BCUT2D eigenvalue weighted by Crippen LogP contribution is -2.25. The van der Waals surface area contributed by atoms with Gasteiger partial charge in [0, 0.05) is 36.7 Å². The van der Waals surface area contributed by atoms with Gasteiger partial charge in [-0.1, -0.05) is 0 Å². The summed E-state index contributed by atoms with van der Waals surface area (Å²) in [7, 11) is 1.57. The molecule has 2 atom stereocenters. The van der Waals surface area contributed by atoms with E-state index in [1.54, 1.807) is 18.1 Å². The standard InChI is InChI=1S/C17H23N3O3.ClH/c1-23-15-10-13(19-17(22)11-4-5-12(18)9-11)6-7-14(15)20-8-2-3-16(20)21;/h6-7,10-12H,2-5,8-9,18H2,1H3,(H,19,22);1H. The molecular weight excluding hydrogens is 330 g/mol. The van der Waals surface area contributed by atoms with E-state index < -0.39 is 0 Å². The minimum absolute atomic E-state index is 0. The van der Waals surface area contributed by atoms with Gasteiger partial charge in [-0.2, -0.15) is 0 Å². The number of nitrogens with two attached hydrogens (primary N) is 1. The number of rotatable bonds is 4. The topological polar surface area (TPSA) is 84.7 Å². The summed E-state index contributed by atoms with van der Waals surface area (Å²) >= 11 is 0. The lowest BCUT2D eigenvalue weighted by Gasteiger charge is -2.20. The van der Waals surface area contributed by atoms with Crippen LogP contribution in [0.15, 0.2) is 18.2 Å². The maximum atomic E-state index is 12.3. The number of carbonyl (C=O) groups is 2. The molecule has 1 saturated heterocycles. The molecule has 1 aromatic rings. The van der Waals surface area contributed by atoms with Gasteiger partial charge in [0.1, 0.15) is 5.75 Å². The fourth-order valence-electron chi connectivity index (χ4n) is 3.38. The largest absolute Gasteiger partial charge is 0.494 e. The Balaban J connectivity index is 0.00000208. The Labute approximate surface area is 148 Å². The molecule has 1 heterocycles. The van der Waals surface area contributed by atoms with Crippen molar-refractivity contribution in [2.24, 2.45) is 11.7 Å². The Hall–Kier alpha value is -1.79. The van der Waals surface area contributed by atoms with E-state index in [2.05, 4.69) is 5.32 Å². The summed E-state index contributed by atoms with van der Waals surface area (Å²) < 4.78 is 5.41. The van der Waals surface area contributed by atoms with Gasteiger partial charge >= 0.3 is 0 Å². The third-order valence-corrected chi connectivity index (χ3v) is 4.66. The van der Waals surface area contributed by atoms with Gasteiger partial charge in [0.2, 0.25) is 11.8 Å². The number of nitrogens with zero attached hydrogens (tertiary/aromatic N) is 1. The Morgan fingerprint density at radius 2 is 2.17 bits per heavy atom. The number of benzene rings is 1. The van der Waals surface area contributed by atoms with E-state index in [-0.39, 0.29) is 36.2 Å². The van der Waals surface area contributed by atoms with Crippen LogP contribution in [0.2, 0.25) is 0 Å². The zero-order valence-corrected chi connectivity index (χ0v) is 14.6. The Morgan fingerprint density at radius 3 is 2.75 bits per heavy atom. The van der Waals surface area contributed by atoms with Crippen LogP contribution in [-0.2, 0) is 9.59 Å². The van der Waals surface area contributed by atoms with E-state index >= 15 is 0 Å². The fraction of sp³-hybridized carbons (Fsp3) is 0.529. The first-order chi connectivity index (χ1) is 11.1. The highest BCUT2D eigenvalue weighted by atomic mass is 35.5. The zero-order valence-electron chi connectivity index (χ0n) is 13.8. The lowest BCUT2D eigenvalue weighted by atomic mass is 10.1. The highest BCUT2D eigenvalue weighted by molar-refractivity contribution is 5.98. The van der Waals surface area contributed by atoms with E-state index in [0.717, 1.165) is 31.4 Å². The number of anilines is 2. The second kappa shape index (κ2) is 7.85. The quantitative estimate of drug-likeness (QED) is 0.869. The molecule has 2 aliphatic rings. The Kier molecular flexibility index (Phi) is 6.07. The van der Waals surface area contributed by atoms with Crippen LogP contribution in [0.25, 0.3) is 0 Å². The van der Waals surface area contributed by atoms with E-state index in [9.17, 15) is 9.59 Å². The summed E-state index contributed by atoms with van der Waals surface area (Å²) in [6, 6.07) is 5.55. The molecule has 0 radical (unpaired) electrons. The van der Waals surface area contributed by atoms with Crippen LogP contribution in [0.4, 0.5) is 11.4 Å². The first-order valence-corrected chi connectivity index (χ1v) is 8.13. The summed E-state index contributed by atoms with van der Waals surface area (Å²) in [5.74, 6) is 0.696. The van der Waals surface area contributed by atoms with Crippen LogP contribution in [0, 0.1) is 5.92 Å². The monoisotopic (exact) mass is 353 g/mol. The minimum Gasteiger partial charge on any atom is -0.494 e. The third kappa shape index (κ3) is 3.82. The first-order valence-electron chi connectivity index (χ1n) is 8.13. The van der Waals surface area contributed by atoms with Crippen molar-refractivity contribution in [3.8, 4) is 5.75 Å². The molecule has 6 nitrogen and oxygen atoms in total. The molecule has 0 spiro atoms. The molecule has 0 aromatic heterocycles. The summed E-state index contributed by atoms with van der Waals surface area (Å²) in [6.45, 7) is 0.709. The summed E-state index contributed by atoms with van der Waals surface area (Å²) in [4.78, 5) is 25.9. The maximum Gasteiger partial charge on any atom is 0.227 e. The van der Waals surface area contributed by atoms with Crippen LogP contribution >= 0.6 is 12.4 Å². The fourth-order valence-corrected chi connectivity index (χ4v) is 3.38. The molecule has 2 amide bonds. The van der Waals surface area contributed by atoms with Crippen molar-refractivity contribution in [1.82, 2.24) is 0 Å². The number of amides is 2. The second-order valence-electron chi connectivity index (χ2n) is 6.29. The summed E-state index contributed by atoms with van der Waals surface area (Å²) in [6.07, 6.45) is 3.91. The Morgan fingerprint density at radius 1 is 1.38 bits per heavy atom. The van der Waals surface area contributed by atoms with Crippen LogP contribution in [-0.4, -0.2) is 31.5 Å². The van der Waals surface area contributed by atoms with Gasteiger partial charge in [-0.05, 0) is 37.8 Å². The molecule has 1 aliphatic carbocycles. The number of carbonyl (C=O) groups excluding carboxylic acids is 2. The lowest BCUT2D eigenvalue weighted by molar-refractivity contribution is -0.119. The van der Waals surface area contributed by atoms with Crippen molar-refractivity contribution in [2.75, 3.05) is 23.9 Å². The van der Waals surface area contributed by atoms with Gasteiger partial charge in [0.15, 0.2) is 0 Å². The molecule has 2 unspecified atom stereocenters. The van der Waals surface area contributed by atoms with Gasteiger partial charge in [0.05, 0.1) is 12.8 Å². The molecule has 1 aliphatic heterocycles. The maximum absolute atomic E-state index is 12.3. The number of hydrogen-bond donors (Lipinski definition) is 2. The van der Waals surface area contributed by atoms with Gasteiger partial charge in [0.25, 0.3) is 0 Å². The third-order valence-electron chi connectivity index (χ3n) is 4.66. The van der Waals surface area contributed by atoms with Crippen LogP contribution in [0.3, 0.4) is 0 Å². The van der Waals surface area contributed by atoms with Crippen molar-refractivity contribution in [2.45, 2.75) is 38.1 Å². The van der Waals surface area contributed by atoms with Crippen molar-refractivity contribution in [3.63, 3.8) is 0 Å². The number of ether oxygens (including phenoxy) is 1. The zero-order chi connectivity index (χ0) is 16.4. The Bertz CT molecular complexity index is 623. The van der Waals surface area contributed by atoms with Gasteiger partial charge < -0.3 is 20.7 Å². The molecule has 1 aromatic carbocycles. The van der Waals surface area contributed by atoms with Crippen molar-refractivity contribution in [3.05, 3.63) is 18.2 Å². The molecule has 7 heteroatoms. The van der Waals surface area contributed by atoms with Gasteiger partial charge in [-0.25, -0.2) is 0 Å². The molecule has 1 saturated carbocycles. The molecule has 24 heavy (non-hydrogen) atoms. The average molecular weight is 354 g/mol. The number of halogens is 1. The minimum atomic E-state index is -0.0177. The highest BCUT2D eigenvalue weighted by Gasteiger charge is 2.28. The van der Waals surface area contributed by atoms with Crippen molar-refractivity contribution >= 4 is 35.6 Å². The first kappa shape index (κ1) is 18.5. The van der Waals surface area contributed by atoms with Crippen molar-refractivity contribution in [1.29, 1.82) is 0 Å². The smallest absolute Gasteiger partial charge is 0.227 e. The van der Waals surface area contributed by atoms with E-state index in [0.29, 0.717) is 24.4 Å². The predicted molar refractivity (Wildman–Crippen MR) is 95.8 cm³/mol. The molecule has 0 bridgehead atoms. The summed E-state index contributed by atoms with van der Waals surface area (Å²) in [5.41, 5.74) is 7.31. The number of methoxy groups -OCH3 is 1. The van der Waals surface area contributed by atoms with Gasteiger partial charge in [-0.15, -0.1) is 12.4 Å². The number of nitrogens with one attached hydrogen (secondary N) is 1. The normalized spacial score (nSPS) is 23.1. The second-order valence-corrected chi connectivity index (χ2v) is 6.29. The molecule has 132 valence electrons. The summed E-state index contributed by atoms with van der Waals surface area (Å²) in [5, 5.41) is 2.93. The van der Waals surface area contributed by atoms with E-state index in [1.807, 2.05) is 12.1 Å². The average Bonchev–Trinajstić information content (AvgIpc) is 3.16. The molecule has 3 N–H and O–H groups in total. The van der Waals surface area contributed by atoms with Crippen LogP contribution < -0.4 is 20.7 Å². The predicted octanol–water partition coefficient (Wildman–Crippen LogP) is 2.31. The molecule has 2 fully saturated rings. The van der Waals surface area contributed by atoms with Crippen molar-refractivity contribution < 1.29 is 14.3 Å². The van der Waals surface area contributed by atoms with Crippen LogP contribution in [0.1, 0.15) is 32.1 Å². The SMILES string of the molecule is COc1cc(NC(=O)C2CCC(N)C2)ccc1N1CCCC1=O.Cl. The van der Waals surface area contributed by atoms with E-state index in [4.69, 9.17) is 10.5 Å². The van der Waals surface area contributed by atoms with Gasteiger partial charge in [-0.3, -0.25) is 9.59 Å². The number of hydrogen-bond acceptors (Lipinski definition) is 4. The van der Waals surface area contributed by atoms with Crippen LogP contribution in [0.5, 0.6) is 5.75 Å². The molecular formula is C17H24ClN3O3.